The van der Waals surface area contributed by atoms with Gasteiger partial charge in [-0.05, 0) is 60.2 Å². The average molecular weight is 463 g/mol. The van der Waals surface area contributed by atoms with Crippen molar-refractivity contribution in [1.82, 2.24) is 9.97 Å². The van der Waals surface area contributed by atoms with Crippen LogP contribution in [0.3, 0.4) is 0 Å². The summed E-state index contributed by atoms with van der Waals surface area (Å²) in [5, 5.41) is 5.94. The van der Waals surface area contributed by atoms with Crippen LogP contribution in [0.15, 0.2) is 89.7 Å². The van der Waals surface area contributed by atoms with Gasteiger partial charge in [0.15, 0.2) is 0 Å². The quantitative estimate of drug-likeness (QED) is 0.379. The zero-order valence-corrected chi connectivity index (χ0v) is 17.2. The van der Waals surface area contributed by atoms with Crippen molar-refractivity contribution in [3.05, 3.63) is 101 Å². The van der Waals surface area contributed by atoms with Gasteiger partial charge in [0.2, 0.25) is 5.95 Å². The minimum absolute atomic E-state index is 0.219. The molecule has 0 bridgehead atoms. The first-order chi connectivity index (χ1) is 14.6. The van der Waals surface area contributed by atoms with Gasteiger partial charge in [0.1, 0.15) is 5.82 Å². The zero-order valence-electron chi connectivity index (χ0n) is 15.6. The first kappa shape index (κ1) is 19.7. The lowest BCUT2D eigenvalue weighted by Gasteiger charge is -2.09. The van der Waals surface area contributed by atoms with Crippen LogP contribution >= 0.6 is 15.9 Å². The standard InChI is InChI=1S/C23H16BrFN4O/c24-18-7-9-20(10-8-18)28-22(30)16-4-2-6-21(12-16)29-23-26-13-17(14-27-23)15-3-1-5-19(25)11-15/h1-14H,(H,28,30)(H,26,27,29). The Morgan fingerprint density at radius 2 is 1.57 bits per heavy atom. The van der Waals surface area contributed by atoms with E-state index in [2.05, 4.69) is 36.5 Å². The molecule has 148 valence electrons. The number of nitrogens with zero attached hydrogens (tertiary/aromatic N) is 2. The number of nitrogens with one attached hydrogen (secondary N) is 2. The molecule has 0 radical (unpaired) electrons. The van der Waals surface area contributed by atoms with Gasteiger partial charge in [-0.2, -0.15) is 0 Å². The minimum atomic E-state index is -0.312. The predicted molar refractivity (Wildman–Crippen MR) is 119 cm³/mol. The third-order valence-electron chi connectivity index (χ3n) is 4.29. The molecule has 0 unspecified atom stereocenters. The van der Waals surface area contributed by atoms with Gasteiger partial charge in [-0.1, -0.05) is 34.1 Å². The van der Waals surface area contributed by atoms with E-state index in [1.807, 2.05) is 30.3 Å². The molecule has 0 saturated carbocycles. The second-order valence-electron chi connectivity index (χ2n) is 6.47. The first-order valence-corrected chi connectivity index (χ1v) is 9.88. The van der Waals surface area contributed by atoms with Crippen LogP contribution < -0.4 is 10.6 Å². The molecule has 1 aromatic heterocycles. The van der Waals surface area contributed by atoms with E-state index < -0.39 is 0 Å². The van der Waals surface area contributed by atoms with Crippen LogP contribution in [0.4, 0.5) is 21.7 Å². The predicted octanol–water partition coefficient (Wildman–Crippen LogP) is 6.04. The number of aromatic nitrogens is 2. The van der Waals surface area contributed by atoms with Crippen molar-refractivity contribution in [3.8, 4) is 11.1 Å². The second-order valence-corrected chi connectivity index (χ2v) is 7.39. The lowest BCUT2D eigenvalue weighted by Crippen LogP contribution is -2.12. The molecule has 4 aromatic rings. The molecule has 2 N–H and O–H groups in total. The van der Waals surface area contributed by atoms with Gasteiger partial charge >= 0.3 is 0 Å². The maximum atomic E-state index is 13.4. The molecule has 1 amide bonds. The van der Waals surface area contributed by atoms with Crippen molar-refractivity contribution in [2.45, 2.75) is 0 Å². The number of anilines is 3. The molecule has 7 heteroatoms. The van der Waals surface area contributed by atoms with Crippen molar-refractivity contribution >= 4 is 39.2 Å². The van der Waals surface area contributed by atoms with Gasteiger partial charge in [-0.15, -0.1) is 0 Å². The number of rotatable bonds is 5. The van der Waals surface area contributed by atoms with Crippen molar-refractivity contribution in [3.63, 3.8) is 0 Å². The third-order valence-corrected chi connectivity index (χ3v) is 4.82. The molecule has 5 nitrogen and oxygen atoms in total. The molecule has 0 atom stereocenters. The Morgan fingerprint density at radius 3 is 2.30 bits per heavy atom. The van der Waals surface area contributed by atoms with Crippen LogP contribution in [-0.4, -0.2) is 15.9 Å². The molecule has 0 aliphatic carbocycles. The van der Waals surface area contributed by atoms with Crippen molar-refractivity contribution in [1.29, 1.82) is 0 Å². The Hall–Kier alpha value is -3.58. The van der Waals surface area contributed by atoms with Gasteiger partial charge in [0, 0.05) is 39.4 Å². The Bertz CT molecular complexity index is 1180. The molecule has 0 spiro atoms. The lowest BCUT2D eigenvalue weighted by atomic mass is 10.1. The second kappa shape index (κ2) is 8.84. The Labute approximate surface area is 181 Å². The number of carbonyl (C=O) groups is 1. The van der Waals surface area contributed by atoms with E-state index in [1.165, 1.54) is 12.1 Å². The Morgan fingerprint density at radius 1 is 0.833 bits per heavy atom. The van der Waals surface area contributed by atoms with E-state index in [1.54, 1.807) is 42.7 Å². The van der Waals surface area contributed by atoms with Crippen LogP contribution in [0, 0.1) is 5.82 Å². The maximum Gasteiger partial charge on any atom is 0.255 e. The summed E-state index contributed by atoms with van der Waals surface area (Å²) < 4.78 is 14.3. The molecule has 3 aromatic carbocycles. The van der Waals surface area contributed by atoms with Crippen LogP contribution in [0.5, 0.6) is 0 Å². The topological polar surface area (TPSA) is 66.9 Å². The molecule has 30 heavy (non-hydrogen) atoms. The fourth-order valence-electron chi connectivity index (χ4n) is 2.81. The van der Waals surface area contributed by atoms with Crippen molar-refractivity contribution in [2.24, 2.45) is 0 Å². The lowest BCUT2D eigenvalue weighted by molar-refractivity contribution is 0.102. The Balaban J connectivity index is 1.46. The Kier molecular flexibility index (Phi) is 5.81. The van der Waals surface area contributed by atoms with E-state index in [-0.39, 0.29) is 11.7 Å². The van der Waals surface area contributed by atoms with E-state index in [4.69, 9.17) is 0 Å². The molecule has 0 aliphatic rings. The van der Waals surface area contributed by atoms with Gasteiger partial charge in [-0.25, -0.2) is 14.4 Å². The summed E-state index contributed by atoms with van der Waals surface area (Å²) >= 11 is 3.37. The summed E-state index contributed by atoms with van der Waals surface area (Å²) in [6.45, 7) is 0. The number of hydrogen-bond acceptors (Lipinski definition) is 4. The van der Waals surface area contributed by atoms with Gasteiger partial charge in [0.25, 0.3) is 5.91 Å². The first-order valence-electron chi connectivity index (χ1n) is 9.09. The highest BCUT2D eigenvalue weighted by molar-refractivity contribution is 9.10. The summed E-state index contributed by atoms with van der Waals surface area (Å²) in [7, 11) is 0. The van der Waals surface area contributed by atoms with Crippen LogP contribution in [0.1, 0.15) is 10.4 Å². The highest BCUT2D eigenvalue weighted by Gasteiger charge is 2.08. The average Bonchev–Trinajstić information content (AvgIpc) is 2.76. The molecule has 0 aliphatic heterocycles. The number of benzene rings is 3. The molecule has 1 heterocycles. The molecule has 0 fully saturated rings. The summed E-state index contributed by atoms with van der Waals surface area (Å²) in [5.74, 6) is -0.156. The summed E-state index contributed by atoms with van der Waals surface area (Å²) in [4.78, 5) is 21.1. The molecule has 4 rings (SSSR count). The summed E-state index contributed by atoms with van der Waals surface area (Å²) in [6, 6.07) is 20.7. The fourth-order valence-corrected chi connectivity index (χ4v) is 3.08. The third kappa shape index (κ3) is 4.87. The van der Waals surface area contributed by atoms with E-state index in [0.717, 1.165) is 4.47 Å². The largest absolute Gasteiger partial charge is 0.324 e. The molecule has 0 saturated heterocycles. The van der Waals surface area contributed by atoms with Crippen LogP contribution in [0.25, 0.3) is 11.1 Å². The molecular weight excluding hydrogens is 447 g/mol. The number of carbonyl (C=O) groups excluding carboxylic acids is 1. The van der Waals surface area contributed by atoms with E-state index in [0.29, 0.717) is 34.0 Å². The maximum absolute atomic E-state index is 13.4. The molecular formula is C23H16BrFN4O. The summed E-state index contributed by atoms with van der Waals surface area (Å²) in [6.07, 6.45) is 3.24. The van der Waals surface area contributed by atoms with Gasteiger partial charge < -0.3 is 10.6 Å². The highest BCUT2D eigenvalue weighted by Crippen LogP contribution is 2.21. The monoisotopic (exact) mass is 462 g/mol. The number of halogens is 2. The zero-order chi connectivity index (χ0) is 20.9. The fraction of sp³-hybridized carbons (Fsp3) is 0. The van der Waals surface area contributed by atoms with Crippen molar-refractivity contribution < 1.29 is 9.18 Å². The number of amides is 1. The van der Waals surface area contributed by atoms with Gasteiger partial charge in [0.05, 0.1) is 0 Å². The normalized spacial score (nSPS) is 10.5. The summed E-state index contributed by atoms with van der Waals surface area (Å²) in [5.41, 5.74) is 3.30. The van der Waals surface area contributed by atoms with Crippen LogP contribution in [-0.2, 0) is 0 Å². The van der Waals surface area contributed by atoms with E-state index in [9.17, 15) is 9.18 Å². The van der Waals surface area contributed by atoms with Crippen molar-refractivity contribution in [2.75, 3.05) is 10.6 Å². The number of hydrogen-bond donors (Lipinski definition) is 2. The van der Waals surface area contributed by atoms with E-state index >= 15 is 0 Å². The minimum Gasteiger partial charge on any atom is -0.324 e. The SMILES string of the molecule is O=C(Nc1ccc(Br)cc1)c1cccc(Nc2ncc(-c3cccc(F)c3)cn2)c1. The smallest absolute Gasteiger partial charge is 0.255 e. The van der Waals surface area contributed by atoms with Gasteiger partial charge in [-0.3, -0.25) is 4.79 Å². The van der Waals surface area contributed by atoms with Crippen LogP contribution in [0.2, 0.25) is 0 Å². The highest BCUT2D eigenvalue weighted by atomic mass is 79.9.